The molecule has 25 heavy (non-hydrogen) atoms. The molecule has 0 aliphatic carbocycles. The van der Waals surface area contributed by atoms with E-state index in [2.05, 4.69) is 25.5 Å². The van der Waals surface area contributed by atoms with Gasteiger partial charge in [-0.05, 0) is 36.4 Å². The van der Waals surface area contributed by atoms with Crippen molar-refractivity contribution >= 4 is 17.2 Å². The summed E-state index contributed by atoms with van der Waals surface area (Å²) in [5, 5.41) is 12.1. The van der Waals surface area contributed by atoms with Crippen molar-refractivity contribution < 1.29 is 9.47 Å². The van der Waals surface area contributed by atoms with Gasteiger partial charge in [-0.15, -0.1) is 9.73 Å². The molecule has 0 radical (unpaired) electrons. The summed E-state index contributed by atoms with van der Waals surface area (Å²) in [5.74, 6) is 1.92. The van der Waals surface area contributed by atoms with Crippen LogP contribution < -0.4 is 14.8 Å². The molecule has 0 atom stereocenters. The molecule has 0 fully saturated rings. The topological polar surface area (TPSA) is 86.5 Å². The second-order valence-electron chi connectivity index (χ2n) is 5.39. The van der Waals surface area contributed by atoms with E-state index in [0.29, 0.717) is 11.7 Å². The molecule has 4 aromatic rings. The lowest BCUT2D eigenvalue weighted by Gasteiger charge is -2.06. The molecule has 0 bridgehead atoms. The van der Waals surface area contributed by atoms with Crippen LogP contribution in [0.2, 0.25) is 0 Å². The van der Waals surface area contributed by atoms with Crippen molar-refractivity contribution in [2.24, 2.45) is 0 Å². The second kappa shape index (κ2) is 5.45. The number of rotatable bonds is 3. The lowest BCUT2D eigenvalue weighted by molar-refractivity contribution is 0.174. The summed E-state index contributed by atoms with van der Waals surface area (Å²) < 4.78 is 12.4. The maximum absolute atomic E-state index is 5.48. The van der Waals surface area contributed by atoms with Crippen LogP contribution in [0.5, 0.6) is 11.5 Å². The van der Waals surface area contributed by atoms with Gasteiger partial charge < -0.3 is 14.8 Å². The molecule has 0 spiro atoms. The average molecular weight is 332 g/mol. The summed E-state index contributed by atoms with van der Waals surface area (Å²) in [5.41, 5.74) is 3.21. The van der Waals surface area contributed by atoms with Crippen LogP contribution in [0.25, 0.3) is 16.8 Å². The fourth-order valence-electron chi connectivity index (χ4n) is 2.74. The van der Waals surface area contributed by atoms with Crippen molar-refractivity contribution in [3.63, 3.8) is 0 Å². The maximum atomic E-state index is 5.48. The van der Waals surface area contributed by atoms with Crippen LogP contribution in [0.3, 0.4) is 0 Å². The predicted molar refractivity (Wildman–Crippen MR) is 89.9 cm³/mol. The Balaban J connectivity index is 1.68. The Morgan fingerprint density at radius 1 is 0.960 bits per heavy atom. The Morgan fingerprint density at radius 3 is 2.76 bits per heavy atom. The highest BCUT2D eigenvalue weighted by Gasteiger charge is 2.20. The van der Waals surface area contributed by atoms with E-state index in [4.69, 9.17) is 9.47 Å². The first-order valence-corrected chi connectivity index (χ1v) is 7.66. The van der Waals surface area contributed by atoms with Crippen LogP contribution in [0, 0.1) is 0 Å². The van der Waals surface area contributed by atoms with Gasteiger partial charge in [0.15, 0.2) is 11.5 Å². The van der Waals surface area contributed by atoms with Gasteiger partial charge in [0.25, 0.3) is 0 Å². The Bertz CT molecular complexity index is 1060. The van der Waals surface area contributed by atoms with Crippen LogP contribution in [0.4, 0.5) is 11.6 Å². The van der Waals surface area contributed by atoms with Gasteiger partial charge in [-0.25, -0.2) is 9.97 Å². The third-order valence-electron chi connectivity index (χ3n) is 3.87. The number of anilines is 2. The largest absolute Gasteiger partial charge is 0.454 e. The molecular weight excluding hydrogens is 320 g/mol. The zero-order valence-corrected chi connectivity index (χ0v) is 13.0. The quantitative estimate of drug-likeness (QED) is 0.617. The van der Waals surface area contributed by atoms with E-state index in [1.54, 1.807) is 29.3 Å². The van der Waals surface area contributed by atoms with Gasteiger partial charge in [0.2, 0.25) is 12.7 Å². The summed E-state index contributed by atoms with van der Waals surface area (Å²) in [6.45, 7) is 0.231. The van der Waals surface area contributed by atoms with E-state index in [9.17, 15) is 0 Å². The van der Waals surface area contributed by atoms with Crippen LogP contribution in [-0.2, 0) is 0 Å². The van der Waals surface area contributed by atoms with E-state index in [1.807, 2.05) is 30.3 Å². The molecule has 1 aromatic carbocycles. The standard InChI is InChI=1S/C17H12N6O2/c1-3-12-16(21-17-18-6-2-7-19-17)15(22-23(12)20-8-1)11-4-5-13-14(9-11)25-10-24-13/h1-9H,10H2,(H,18,19,21). The lowest BCUT2D eigenvalue weighted by atomic mass is 10.1. The van der Waals surface area contributed by atoms with Crippen LogP contribution in [0.1, 0.15) is 0 Å². The van der Waals surface area contributed by atoms with Gasteiger partial charge in [-0.1, -0.05) is 0 Å². The van der Waals surface area contributed by atoms with Gasteiger partial charge in [-0.3, -0.25) is 0 Å². The third-order valence-corrected chi connectivity index (χ3v) is 3.87. The zero-order valence-electron chi connectivity index (χ0n) is 13.0. The number of aromatic nitrogens is 5. The minimum Gasteiger partial charge on any atom is -0.454 e. The number of ether oxygens (including phenoxy) is 2. The average Bonchev–Trinajstić information content (AvgIpc) is 3.27. The third kappa shape index (κ3) is 2.31. The number of nitrogens with one attached hydrogen (secondary N) is 1. The first-order chi connectivity index (χ1) is 12.4. The summed E-state index contributed by atoms with van der Waals surface area (Å²) in [6.07, 6.45) is 5.05. The molecule has 3 aromatic heterocycles. The van der Waals surface area contributed by atoms with E-state index in [0.717, 1.165) is 28.2 Å². The normalized spacial score (nSPS) is 12.5. The van der Waals surface area contributed by atoms with Crippen molar-refractivity contribution in [1.29, 1.82) is 0 Å². The molecule has 0 saturated carbocycles. The van der Waals surface area contributed by atoms with Gasteiger partial charge in [0.05, 0.1) is 5.69 Å². The molecule has 1 aliphatic rings. The van der Waals surface area contributed by atoms with Crippen molar-refractivity contribution in [3.05, 3.63) is 55.0 Å². The van der Waals surface area contributed by atoms with Crippen LogP contribution in [0.15, 0.2) is 55.0 Å². The Hall–Kier alpha value is -3.68. The number of nitrogens with zero attached hydrogens (tertiary/aromatic N) is 5. The Morgan fingerprint density at radius 2 is 1.84 bits per heavy atom. The second-order valence-corrected chi connectivity index (χ2v) is 5.39. The predicted octanol–water partition coefficient (Wildman–Crippen LogP) is 2.66. The van der Waals surface area contributed by atoms with Crippen molar-refractivity contribution in [1.82, 2.24) is 24.8 Å². The molecule has 122 valence electrons. The first-order valence-electron chi connectivity index (χ1n) is 7.66. The summed E-state index contributed by atoms with van der Waals surface area (Å²) in [6, 6.07) is 11.3. The van der Waals surface area contributed by atoms with Gasteiger partial charge in [-0.2, -0.15) is 5.10 Å². The fourth-order valence-corrected chi connectivity index (χ4v) is 2.74. The molecule has 0 unspecified atom stereocenters. The van der Waals surface area contributed by atoms with Gasteiger partial charge in [0.1, 0.15) is 11.2 Å². The smallest absolute Gasteiger partial charge is 0.231 e. The lowest BCUT2D eigenvalue weighted by Crippen LogP contribution is -1.97. The zero-order chi connectivity index (χ0) is 16.6. The SMILES string of the molecule is c1cnc(Nc2c(-c3ccc4c(c3)OCO4)nn3ncccc23)nc1. The molecule has 1 N–H and O–H groups in total. The van der Waals surface area contributed by atoms with Gasteiger partial charge >= 0.3 is 0 Å². The first kappa shape index (κ1) is 13.7. The molecular formula is C17H12N6O2. The number of benzene rings is 1. The van der Waals surface area contributed by atoms with Crippen LogP contribution >= 0.6 is 0 Å². The fraction of sp³-hybridized carbons (Fsp3) is 0.0588. The van der Waals surface area contributed by atoms with E-state index in [-0.39, 0.29) is 6.79 Å². The highest BCUT2D eigenvalue weighted by atomic mass is 16.7. The monoisotopic (exact) mass is 332 g/mol. The molecule has 8 heteroatoms. The van der Waals surface area contributed by atoms with Crippen molar-refractivity contribution in [2.45, 2.75) is 0 Å². The van der Waals surface area contributed by atoms with E-state index < -0.39 is 0 Å². The summed E-state index contributed by atoms with van der Waals surface area (Å²) in [7, 11) is 0. The highest BCUT2D eigenvalue weighted by Crippen LogP contribution is 2.39. The minimum absolute atomic E-state index is 0.231. The van der Waals surface area contributed by atoms with Crippen molar-refractivity contribution in [2.75, 3.05) is 12.1 Å². The highest BCUT2D eigenvalue weighted by molar-refractivity contribution is 5.89. The Labute approximate surface area is 142 Å². The molecule has 8 nitrogen and oxygen atoms in total. The number of fused-ring (bicyclic) bond motifs is 2. The molecule has 5 rings (SSSR count). The maximum Gasteiger partial charge on any atom is 0.231 e. The number of hydrogen-bond donors (Lipinski definition) is 1. The van der Waals surface area contributed by atoms with E-state index in [1.165, 1.54) is 0 Å². The van der Waals surface area contributed by atoms with Crippen molar-refractivity contribution in [3.8, 4) is 22.8 Å². The minimum atomic E-state index is 0.231. The molecule has 4 heterocycles. The molecule has 1 aliphatic heterocycles. The summed E-state index contributed by atoms with van der Waals surface area (Å²) in [4.78, 5) is 8.46. The van der Waals surface area contributed by atoms with E-state index >= 15 is 0 Å². The summed E-state index contributed by atoms with van der Waals surface area (Å²) >= 11 is 0. The molecule has 0 amide bonds. The Kier molecular flexibility index (Phi) is 2.99. The van der Waals surface area contributed by atoms with Crippen LogP contribution in [-0.4, -0.2) is 31.6 Å². The number of hydrogen-bond acceptors (Lipinski definition) is 7. The molecule has 0 saturated heterocycles. The van der Waals surface area contributed by atoms with Gasteiger partial charge in [0, 0.05) is 24.2 Å².